The molecule has 2 aromatic carbocycles. The Balaban J connectivity index is 1.62. The lowest BCUT2D eigenvalue weighted by molar-refractivity contribution is -0.134. The first-order valence-corrected chi connectivity index (χ1v) is 9.41. The summed E-state index contributed by atoms with van der Waals surface area (Å²) in [6, 6.07) is 16.4. The SMILES string of the molecule is CC1(c2ccccc2Br)NC(=O)N(CC(=O)NCCc2ccccc2)C1=O. The minimum absolute atomic E-state index is 0.306. The van der Waals surface area contributed by atoms with Crippen LogP contribution in [0.1, 0.15) is 18.1 Å². The Hall–Kier alpha value is -2.67. The molecule has 1 saturated heterocycles. The first-order chi connectivity index (χ1) is 12.9. The topological polar surface area (TPSA) is 78.5 Å². The Morgan fingerprint density at radius 1 is 1.11 bits per heavy atom. The van der Waals surface area contributed by atoms with E-state index in [-0.39, 0.29) is 12.5 Å². The molecule has 2 aromatic rings. The van der Waals surface area contributed by atoms with Gasteiger partial charge in [0, 0.05) is 16.6 Å². The number of hydrogen-bond donors (Lipinski definition) is 2. The molecule has 1 unspecified atom stereocenters. The molecule has 6 nitrogen and oxygen atoms in total. The van der Waals surface area contributed by atoms with Crippen LogP contribution in [-0.2, 0) is 21.5 Å². The van der Waals surface area contributed by atoms with E-state index in [0.29, 0.717) is 18.5 Å². The summed E-state index contributed by atoms with van der Waals surface area (Å²) in [6.45, 7) is 1.77. The smallest absolute Gasteiger partial charge is 0.325 e. The number of benzene rings is 2. The van der Waals surface area contributed by atoms with Gasteiger partial charge in [-0.3, -0.25) is 14.5 Å². The Bertz CT molecular complexity index is 872. The molecule has 27 heavy (non-hydrogen) atoms. The molecule has 1 fully saturated rings. The van der Waals surface area contributed by atoms with Crippen molar-refractivity contribution >= 4 is 33.8 Å². The second-order valence-electron chi connectivity index (χ2n) is 6.51. The van der Waals surface area contributed by atoms with Gasteiger partial charge in [0.15, 0.2) is 0 Å². The van der Waals surface area contributed by atoms with Gasteiger partial charge in [-0.25, -0.2) is 4.79 Å². The first-order valence-electron chi connectivity index (χ1n) is 8.61. The number of imide groups is 1. The van der Waals surface area contributed by atoms with E-state index in [0.717, 1.165) is 14.9 Å². The number of carbonyl (C=O) groups is 3. The molecule has 4 amide bonds. The van der Waals surface area contributed by atoms with E-state index >= 15 is 0 Å². The van der Waals surface area contributed by atoms with Crippen LogP contribution in [0.25, 0.3) is 0 Å². The lowest BCUT2D eigenvalue weighted by atomic mass is 9.92. The normalized spacial score (nSPS) is 19.1. The van der Waals surface area contributed by atoms with E-state index in [9.17, 15) is 14.4 Å². The van der Waals surface area contributed by atoms with Crippen LogP contribution in [0.4, 0.5) is 4.79 Å². The number of halogens is 1. The second-order valence-corrected chi connectivity index (χ2v) is 7.37. The average molecular weight is 430 g/mol. The highest BCUT2D eigenvalue weighted by Gasteiger charge is 2.50. The minimum atomic E-state index is -1.21. The zero-order valence-electron chi connectivity index (χ0n) is 14.9. The number of nitrogens with zero attached hydrogens (tertiary/aromatic N) is 1. The van der Waals surface area contributed by atoms with E-state index in [1.54, 1.807) is 25.1 Å². The second kappa shape index (κ2) is 7.92. The van der Waals surface area contributed by atoms with Crippen LogP contribution in [0.15, 0.2) is 59.1 Å². The van der Waals surface area contributed by atoms with Crippen LogP contribution >= 0.6 is 15.9 Å². The molecule has 0 bridgehead atoms. The fraction of sp³-hybridized carbons (Fsp3) is 0.250. The molecule has 0 spiro atoms. The van der Waals surface area contributed by atoms with E-state index in [1.165, 1.54) is 0 Å². The molecule has 7 heteroatoms. The maximum Gasteiger partial charge on any atom is 0.325 e. The molecule has 2 N–H and O–H groups in total. The molecule has 1 aliphatic heterocycles. The summed E-state index contributed by atoms with van der Waals surface area (Å²) in [4.78, 5) is 38.3. The average Bonchev–Trinajstić information content (AvgIpc) is 2.87. The molecule has 1 heterocycles. The standard InChI is InChI=1S/C20H20BrN3O3/c1-20(15-9-5-6-10-16(15)21)18(26)24(19(27)23-20)13-17(25)22-12-11-14-7-3-2-4-8-14/h2-10H,11-13H2,1H3,(H,22,25)(H,23,27). The molecule has 0 radical (unpaired) electrons. The van der Waals surface area contributed by atoms with Gasteiger partial charge in [-0.05, 0) is 25.0 Å². The molecular formula is C20H20BrN3O3. The summed E-state index contributed by atoms with van der Waals surface area (Å²) < 4.78 is 0.718. The van der Waals surface area contributed by atoms with Crippen molar-refractivity contribution in [3.63, 3.8) is 0 Å². The van der Waals surface area contributed by atoms with E-state index in [2.05, 4.69) is 26.6 Å². The van der Waals surface area contributed by atoms with Crippen LogP contribution in [0.2, 0.25) is 0 Å². The number of hydrogen-bond acceptors (Lipinski definition) is 3. The van der Waals surface area contributed by atoms with Gasteiger partial charge in [-0.1, -0.05) is 64.5 Å². The molecule has 0 aromatic heterocycles. The molecule has 3 rings (SSSR count). The predicted molar refractivity (Wildman–Crippen MR) is 105 cm³/mol. The van der Waals surface area contributed by atoms with Crippen molar-refractivity contribution in [3.05, 3.63) is 70.2 Å². The van der Waals surface area contributed by atoms with Gasteiger partial charge in [0.05, 0.1) is 0 Å². The first kappa shape index (κ1) is 19.1. The van der Waals surface area contributed by atoms with Crippen molar-refractivity contribution in [2.45, 2.75) is 18.9 Å². The zero-order chi connectivity index (χ0) is 19.4. The summed E-state index contributed by atoms with van der Waals surface area (Å²) in [5.74, 6) is -0.816. The fourth-order valence-corrected chi connectivity index (χ4v) is 3.76. The van der Waals surface area contributed by atoms with Crippen molar-refractivity contribution in [1.82, 2.24) is 15.5 Å². The molecule has 1 atom stereocenters. The van der Waals surface area contributed by atoms with Crippen molar-refractivity contribution in [2.75, 3.05) is 13.1 Å². The highest BCUT2D eigenvalue weighted by molar-refractivity contribution is 9.10. The van der Waals surface area contributed by atoms with Gasteiger partial charge in [0.2, 0.25) is 5.91 Å². The van der Waals surface area contributed by atoms with Crippen LogP contribution in [0, 0.1) is 0 Å². The highest BCUT2D eigenvalue weighted by Crippen LogP contribution is 2.33. The van der Waals surface area contributed by atoms with Crippen molar-refractivity contribution in [2.24, 2.45) is 0 Å². The lowest BCUT2D eigenvalue weighted by Crippen LogP contribution is -2.43. The van der Waals surface area contributed by atoms with Crippen molar-refractivity contribution in [1.29, 1.82) is 0 Å². The van der Waals surface area contributed by atoms with Gasteiger partial charge in [0.25, 0.3) is 5.91 Å². The van der Waals surface area contributed by atoms with Crippen LogP contribution in [0.5, 0.6) is 0 Å². The Kier molecular flexibility index (Phi) is 5.60. The molecule has 1 aliphatic rings. The summed E-state index contributed by atoms with van der Waals surface area (Å²) in [5.41, 5.74) is 0.547. The summed E-state index contributed by atoms with van der Waals surface area (Å²) >= 11 is 3.41. The number of amides is 4. The third-order valence-electron chi connectivity index (χ3n) is 4.57. The van der Waals surface area contributed by atoms with Gasteiger partial charge in [-0.15, -0.1) is 0 Å². The zero-order valence-corrected chi connectivity index (χ0v) is 16.5. The maximum atomic E-state index is 12.9. The molecular weight excluding hydrogens is 410 g/mol. The van der Waals surface area contributed by atoms with E-state index in [4.69, 9.17) is 0 Å². The van der Waals surface area contributed by atoms with E-state index < -0.39 is 17.5 Å². The van der Waals surface area contributed by atoms with E-state index in [1.807, 2.05) is 36.4 Å². The van der Waals surface area contributed by atoms with Gasteiger partial charge in [-0.2, -0.15) is 0 Å². The van der Waals surface area contributed by atoms with Crippen molar-refractivity contribution < 1.29 is 14.4 Å². The fourth-order valence-electron chi connectivity index (χ4n) is 3.08. The summed E-state index contributed by atoms with van der Waals surface area (Å²) in [7, 11) is 0. The molecule has 140 valence electrons. The van der Waals surface area contributed by atoms with Crippen LogP contribution in [0.3, 0.4) is 0 Å². The molecule has 0 aliphatic carbocycles. The maximum absolute atomic E-state index is 12.9. The van der Waals surface area contributed by atoms with Crippen LogP contribution < -0.4 is 10.6 Å². The van der Waals surface area contributed by atoms with Gasteiger partial charge >= 0.3 is 6.03 Å². The number of urea groups is 1. The molecule has 0 saturated carbocycles. The van der Waals surface area contributed by atoms with Crippen molar-refractivity contribution in [3.8, 4) is 0 Å². The Morgan fingerprint density at radius 2 is 1.78 bits per heavy atom. The largest absolute Gasteiger partial charge is 0.354 e. The van der Waals surface area contributed by atoms with Gasteiger partial charge in [0.1, 0.15) is 12.1 Å². The Labute approximate surface area is 166 Å². The highest BCUT2D eigenvalue weighted by atomic mass is 79.9. The van der Waals surface area contributed by atoms with Gasteiger partial charge < -0.3 is 10.6 Å². The quantitative estimate of drug-likeness (QED) is 0.692. The lowest BCUT2D eigenvalue weighted by Gasteiger charge is -2.23. The monoisotopic (exact) mass is 429 g/mol. The third-order valence-corrected chi connectivity index (χ3v) is 5.26. The number of rotatable bonds is 6. The predicted octanol–water partition coefficient (Wildman–Crippen LogP) is 2.58. The third kappa shape index (κ3) is 4.03. The summed E-state index contributed by atoms with van der Waals surface area (Å²) in [5, 5.41) is 5.46. The minimum Gasteiger partial charge on any atom is -0.354 e. The van der Waals surface area contributed by atoms with Crippen LogP contribution in [-0.4, -0.2) is 35.8 Å². The number of nitrogens with one attached hydrogen (secondary N) is 2. The number of carbonyl (C=O) groups excluding carboxylic acids is 3. The summed E-state index contributed by atoms with van der Waals surface area (Å²) in [6.07, 6.45) is 0.682. The Morgan fingerprint density at radius 3 is 2.48 bits per heavy atom.